The van der Waals surface area contributed by atoms with Crippen LogP contribution in [0.25, 0.3) is 0 Å². The molecule has 0 saturated heterocycles. The second kappa shape index (κ2) is 4.69. The van der Waals surface area contributed by atoms with Gasteiger partial charge in [0.05, 0.1) is 7.11 Å². The van der Waals surface area contributed by atoms with Crippen molar-refractivity contribution in [2.24, 2.45) is 5.41 Å². The van der Waals surface area contributed by atoms with Gasteiger partial charge in [0.15, 0.2) is 0 Å². The summed E-state index contributed by atoms with van der Waals surface area (Å²) in [4.78, 5) is 0. The predicted molar refractivity (Wildman–Crippen MR) is 71.5 cm³/mol. The minimum Gasteiger partial charge on any atom is -0.497 e. The van der Waals surface area contributed by atoms with E-state index in [0.717, 1.165) is 5.75 Å². The maximum Gasteiger partial charge on any atom is 0.119 e. The highest BCUT2D eigenvalue weighted by Gasteiger charge is 2.28. The van der Waals surface area contributed by atoms with Crippen LogP contribution in [0.5, 0.6) is 5.75 Å². The van der Waals surface area contributed by atoms with Crippen molar-refractivity contribution in [2.45, 2.75) is 39.2 Å². The van der Waals surface area contributed by atoms with E-state index in [2.05, 4.69) is 44.4 Å². The molecule has 0 aliphatic heterocycles. The van der Waals surface area contributed by atoms with Crippen molar-refractivity contribution in [3.05, 3.63) is 29.3 Å². The fraction of sp³-hybridized carbons (Fsp3) is 0.600. The molecule has 94 valence electrons. The number of ether oxygens (including phenoxy) is 1. The molecule has 0 amide bonds. The highest BCUT2D eigenvalue weighted by Crippen LogP contribution is 2.40. The first-order valence-corrected chi connectivity index (χ1v) is 6.40. The van der Waals surface area contributed by atoms with Crippen molar-refractivity contribution >= 4 is 0 Å². The lowest BCUT2D eigenvalue weighted by atomic mass is 9.83. The van der Waals surface area contributed by atoms with E-state index in [9.17, 15) is 0 Å². The van der Waals surface area contributed by atoms with Crippen molar-refractivity contribution < 1.29 is 4.74 Å². The number of fused-ring (bicyclic) bond motifs is 1. The zero-order valence-corrected chi connectivity index (χ0v) is 11.3. The third-order valence-electron chi connectivity index (χ3n) is 3.90. The molecule has 2 heteroatoms. The standard InChI is InChI=1S/C15H23NO/c1-15(2)8-7-11-5-6-12(17-4)9-13(11)14(10-15)16-3/h5-6,9,14,16H,7-8,10H2,1-4H3. The summed E-state index contributed by atoms with van der Waals surface area (Å²) in [6.07, 6.45) is 3.61. The van der Waals surface area contributed by atoms with E-state index in [1.54, 1.807) is 7.11 Å². The van der Waals surface area contributed by atoms with E-state index in [1.165, 1.54) is 30.4 Å². The monoisotopic (exact) mass is 233 g/mol. The molecule has 0 fully saturated rings. The molecular formula is C15H23NO. The number of hydrogen-bond acceptors (Lipinski definition) is 2. The second-order valence-corrected chi connectivity index (χ2v) is 5.77. The molecule has 0 bridgehead atoms. The number of aryl methyl sites for hydroxylation is 1. The molecule has 0 spiro atoms. The van der Waals surface area contributed by atoms with E-state index in [-0.39, 0.29) is 0 Å². The number of hydrogen-bond donors (Lipinski definition) is 1. The normalized spacial score (nSPS) is 22.7. The predicted octanol–water partition coefficient (Wildman–Crippen LogP) is 3.32. The fourth-order valence-electron chi connectivity index (χ4n) is 2.75. The van der Waals surface area contributed by atoms with Gasteiger partial charge < -0.3 is 10.1 Å². The number of methoxy groups -OCH3 is 1. The van der Waals surface area contributed by atoms with Crippen molar-refractivity contribution in [2.75, 3.05) is 14.2 Å². The SMILES string of the molecule is CNC1CC(C)(C)CCc2ccc(OC)cc21. The van der Waals surface area contributed by atoms with E-state index >= 15 is 0 Å². The number of benzene rings is 1. The minimum atomic E-state index is 0.403. The highest BCUT2D eigenvalue weighted by atomic mass is 16.5. The Morgan fingerprint density at radius 2 is 2.12 bits per heavy atom. The lowest BCUT2D eigenvalue weighted by Crippen LogP contribution is -2.22. The van der Waals surface area contributed by atoms with Gasteiger partial charge in [0.25, 0.3) is 0 Å². The van der Waals surface area contributed by atoms with Crippen LogP contribution in [0.4, 0.5) is 0 Å². The molecule has 0 radical (unpaired) electrons. The Morgan fingerprint density at radius 1 is 1.35 bits per heavy atom. The number of rotatable bonds is 2. The fourth-order valence-corrected chi connectivity index (χ4v) is 2.75. The average Bonchev–Trinajstić information content (AvgIpc) is 2.45. The third kappa shape index (κ3) is 2.63. The Labute approximate surface area is 104 Å². The Bertz CT molecular complexity index is 398. The van der Waals surface area contributed by atoms with Gasteiger partial charge >= 0.3 is 0 Å². The summed E-state index contributed by atoms with van der Waals surface area (Å²) >= 11 is 0. The van der Waals surface area contributed by atoms with Crippen molar-refractivity contribution in [3.8, 4) is 5.75 Å². The lowest BCUT2D eigenvalue weighted by molar-refractivity contribution is 0.279. The molecular weight excluding hydrogens is 210 g/mol. The zero-order valence-electron chi connectivity index (χ0n) is 11.3. The Balaban J connectivity index is 2.40. The summed E-state index contributed by atoms with van der Waals surface area (Å²) in [5.41, 5.74) is 3.29. The van der Waals surface area contributed by atoms with Crippen LogP contribution in [0.2, 0.25) is 0 Å². The third-order valence-corrected chi connectivity index (χ3v) is 3.90. The van der Waals surface area contributed by atoms with Crippen LogP contribution >= 0.6 is 0 Å². The minimum absolute atomic E-state index is 0.403. The van der Waals surface area contributed by atoms with Crippen LogP contribution in [0.15, 0.2) is 18.2 Å². The maximum absolute atomic E-state index is 5.34. The van der Waals surface area contributed by atoms with Gasteiger partial charge in [-0.25, -0.2) is 0 Å². The van der Waals surface area contributed by atoms with E-state index in [1.807, 2.05) is 0 Å². The molecule has 2 nitrogen and oxygen atoms in total. The summed E-state index contributed by atoms with van der Waals surface area (Å²) in [5.74, 6) is 0.962. The quantitative estimate of drug-likeness (QED) is 0.791. The molecule has 1 aliphatic carbocycles. The first kappa shape index (κ1) is 12.4. The summed E-state index contributed by atoms with van der Waals surface area (Å²) in [6.45, 7) is 4.72. The molecule has 2 rings (SSSR count). The van der Waals surface area contributed by atoms with Crippen molar-refractivity contribution in [3.63, 3.8) is 0 Å². The van der Waals surface area contributed by atoms with E-state index < -0.39 is 0 Å². The van der Waals surface area contributed by atoms with Gasteiger partial charge in [-0.05, 0) is 55.0 Å². The maximum atomic E-state index is 5.34. The Kier molecular flexibility index (Phi) is 3.43. The molecule has 1 aromatic carbocycles. The first-order chi connectivity index (χ1) is 8.05. The van der Waals surface area contributed by atoms with Gasteiger partial charge in [0.2, 0.25) is 0 Å². The molecule has 0 saturated carbocycles. The molecule has 1 atom stereocenters. The van der Waals surface area contributed by atoms with Gasteiger partial charge in [0.1, 0.15) is 5.75 Å². The van der Waals surface area contributed by atoms with Crippen LogP contribution in [-0.2, 0) is 6.42 Å². The molecule has 0 aromatic heterocycles. The molecule has 17 heavy (non-hydrogen) atoms. The molecule has 1 aromatic rings. The lowest BCUT2D eigenvalue weighted by Gasteiger charge is -2.26. The second-order valence-electron chi connectivity index (χ2n) is 5.77. The van der Waals surface area contributed by atoms with Crippen LogP contribution in [0, 0.1) is 5.41 Å². The van der Waals surface area contributed by atoms with Crippen LogP contribution in [0.1, 0.15) is 43.9 Å². The van der Waals surface area contributed by atoms with E-state index in [4.69, 9.17) is 4.74 Å². The zero-order chi connectivity index (χ0) is 12.5. The molecule has 1 aliphatic rings. The molecule has 0 heterocycles. The van der Waals surface area contributed by atoms with Crippen LogP contribution in [0.3, 0.4) is 0 Å². The summed E-state index contributed by atoms with van der Waals surface area (Å²) in [5, 5.41) is 3.45. The van der Waals surface area contributed by atoms with E-state index in [0.29, 0.717) is 11.5 Å². The largest absolute Gasteiger partial charge is 0.497 e. The Hall–Kier alpha value is -1.02. The first-order valence-electron chi connectivity index (χ1n) is 6.40. The highest BCUT2D eigenvalue weighted by molar-refractivity contribution is 5.38. The summed E-state index contributed by atoms with van der Waals surface area (Å²) < 4.78 is 5.34. The topological polar surface area (TPSA) is 21.3 Å². The van der Waals surface area contributed by atoms with Crippen LogP contribution < -0.4 is 10.1 Å². The van der Waals surface area contributed by atoms with Crippen LogP contribution in [-0.4, -0.2) is 14.2 Å². The molecule has 1 unspecified atom stereocenters. The summed E-state index contributed by atoms with van der Waals surface area (Å²) in [6, 6.07) is 6.93. The van der Waals surface area contributed by atoms with Gasteiger partial charge in [-0.3, -0.25) is 0 Å². The van der Waals surface area contributed by atoms with Gasteiger partial charge in [0, 0.05) is 6.04 Å². The average molecular weight is 233 g/mol. The van der Waals surface area contributed by atoms with Crippen molar-refractivity contribution in [1.29, 1.82) is 0 Å². The van der Waals surface area contributed by atoms with Gasteiger partial charge in [-0.2, -0.15) is 0 Å². The molecule has 1 N–H and O–H groups in total. The Morgan fingerprint density at radius 3 is 2.76 bits per heavy atom. The summed E-state index contributed by atoms with van der Waals surface area (Å²) in [7, 11) is 3.78. The smallest absolute Gasteiger partial charge is 0.119 e. The number of nitrogens with one attached hydrogen (secondary N) is 1. The van der Waals surface area contributed by atoms with Gasteiger partial charge in [-0.15, -0.1) is 0 Å². The van der Waals surface area contributed by atoms with Crippen molar-refractivity contribution in [1.82, 2.24) is 5.32 Å². The van der Waals surface area contributed by atoms with Gasteiger partial charge in [-0.1, -0.05) is 19.9 Å².